The molecule has 1 rings (SSSR count). The van der Waals surface area contributed by atoms with Gasteiger partial charge in [-0.05, 0) is 13.8 Å². The Morgan fingerprint density at radius 1 is 1.43 bits per heavy atom. The van der Waals surface area contributed by atoms with Crippen molar-refractivity contribution < 1.29 is 14.2 Å². The van der Waals surface area contributed by atoms with Gasteiger partial charge in [0.2, 0.25) is 0 Å². The van der Waals surface area contributed by atoms with E-state index in [1.165, 1.54) is 0 Å². The average molecular weight is 203 g/mol. The van der Waals surface area contributed by atoms with Gasteiger partial charge in [0.15, 0.2) is 0 Å². The molecule has 1 aliphatic rings. The molecule has 84 valence electrons. The monoisotopic (exact) mass is 203 g/mol. The molecule has 0 spiro atoms. The van der Waals surface area contributed by atoms with E-state index in [9.17, 15) is 0 Å². The summed E-state index contributed by atoms with van der Waals surface area (Å²) in [5, 5.41) is 3.37. The molecule has 1 saturated heterocycles. The molecule has 0 aliphatic carbocycles. The van der Waals surface area contributed by atoms with Crippen LogP contribution >= 0.6 is 0 Å². The summed E-state index contributed by atoms with van der Waals surface area (Å²) in [4.78, 5) is 0. The number of ether oxygens (including phenoxy) is 3. The van der Waals surface area contributed by atoms with Crippen LogP contribution in [0.3, 0.4) is 0 Å². The van der Waals surface area contributed by atoms with Crippen LogP contribution in [0.4, 0.5) is 0 Å². The smallest absolute Gasteiger partial charge is 0.0933 e. The number of rotatable bonds is 5. The molecule has 3 atom stereocenters. The molecule has 4 heteroatoms. The summed E-state index contributed by atoms with van der Waals surface area (Å²) in [5.74, 6) is 0. The lowest BCUT2D eigenvalue weighted by Gasteiger charge is -2.26. The Labute approximate surface area is 85.9 Å². The van der Waals surface area contributed by atoms with Gasteiger partial charge in [-0.2, -0.15) is 0 Å². The molecule has 4 nitrogen and oxygen atoms in total. The highest BCUT2D eigenvalue weighted by atomic mass is 16.6. The van der Waals surface area contributed by atoms with Crippen LogP contribution in [0.5, 0.6) is 0 Å². The van der Waals surface area contributed by atoms with Gasteiger partial charge in [-0.1, -0.05) is 0 Å². The molecule has 1 N–H and O–H groups in total. The minimum Gasteiger partial charge on any atom is -0.380 e. The van der Waals surface area contributed by atoms with E-state index in [4.69, 9.17) is 14.2 Å². The van der Waals surface area contributed by atoms with Gasteiger partial charge in [0.05, 0.1) is 32.0 Å². The summed E-state index contributed by atoms with van der Waals surface area (Å²) < 4.78 is 16.0. The highest BCUT2D eigenvalue weighted by molar-refractivity contribution is 4.72. The highest BCUT2D eigenvalue weighted by Gasteiger charge is 2.16. The van der Waals surface area contributed by atoms with Crippen molar-refractivity contribution in [2.45, 2.75) is 32.1 Å². The van der Waals surface area contributed by atoms with E-state index in [1.54, 1.807) is 7.11 Å². The molecule has 0 aromatic heterocycles. The topological polar surface area (TPSA) is 39.7 Å². The van der Waals surface area contributed by atoms with Crippen LogP contribution in [0.15, 0.2) is 0 Å². The summed E-state index contributed by atoms with van der Waals surface area (Å²) in [7, 11) is 1.73. The molecule has 1 aliphatic heterocycles. The first-order chi connectivity index (χ1) is 6.74. The zero-order valence-corrected chi connectivity index (χ0v) is 9.29. The lowest BCUT2D eigenvalue weighted by Crippen LogP contribution is -2.44. The van der Waals surface area contributed by atoms with Gasteiger partial charge in [0.1, 0.15) is 0 Å². The predicted octanol–water partition coefficient (Wildman–Crippen LogP) is 0.415. The van der Waals surface area contributed by atoms with Crippen molar-refractivity contribution in [2.75, 3.05) is 33.5 Å². The van der Waals surface area contributed by atoms with E-state index in [2.05, 4.69) is 19.2 Å². The minimum atomic E-state index is 0.190. The molecular weight excluding hydrogens is 182 g/mol. The Hall–Kier alpha value is -0.160. The van der Waals surface area contributed by atoms with E-state index in [0.29, 0.717) is 19.3 Å². The lowest BCUT2D eigenvalue weighted by molar-refractivity contribution is -0.0880. The zero-order valence-electron chi connectivity index (χ0n) is 9.29. The van der Waals surface area contributed by atoms with Gasteiger partial charge < -0.3 is 19.5 Å². The summed E-state index contributed by atoms with van der Waals surface area (Å²) in [6, 6.07) is 0.338. The SMILES string of the molecule is COC(C)C(C)NCC1COCCO1. The predicted molar refractivity (Wildman–Crippen MR) is 54.5 cm³/mol. The van der Waals surface area contributed by atoms with Gasteiger partial charge in [-0.3, -0.25) is 0 Å². The first kappa shape index (κ1) is 11.9. The number of nitrogens with one attached hydrogen (secondary N) is 1. The van der Waals surface area contributed by atoms with E-state index < -0.39 is 0 Å². The fourth-order valence-electron chi connectivity index (χ4n) is 1.34. The average Bonchev–Trinajstić information content (AvgIpc) is 2.26. The Morgan fingerprint density at radius 2 is 2.21 bits per heavy atom. The number of hydrogen-bond donors (Lipinski definition) is 1. The van der Waals surface area contributed by atoms with Crippen molar-refractivity contribution in [3.05, 3.63) is 0 Å². The Balaban J connectivity index is 2.12. The molecule has 0 aromatic carbocycles. The van der Waals surface area contributed by atoms with Crippen LogP contribution < -0.4 is 5.32 Å². The number of hydrogen-bond acceptors (Lipinski definition) is 4. The summed E-state index contributed by atoms with van der Waals surface area (Å²) >= 11 is 0. The third kappa shape index (κ3) is 3.92. The van der Waals surface area contributed by atoms with Crippen LogP contribution in [0, 0.1) is 0 Å². The quantitative estimate of drug-likeness (QED) is 0.703. The van der Waals surface area contributed by atoms with E-state index >= 15 is 0 Å². The fraction of sp³-hybridized carbons (Fsp3) is 1.00. The van der Waals surface area contributed by atoms with Crippen molar-refractivity contribution in [1.82, 2.24) is 5.32 Å². The van der Waals surface area contributed by atoms with Crippen LogP contribution in [0.1, 0.15) is 13.8 Å². The second-order valence-electron chi connectivity index (χ2n) is 3.71. The van der Waals surface area contributed by atoms with E-state index in [1.807, 2.05) is 0 Å². The zero-order chi connectivity index (χ0) is 10.4. The summed E-state index contributed by atoms with van der Waals surface area (Å²) in [6.07, 6.45) is 0.412. The second kappa shape index (κ2) is 6.35. The first-order valence-electron chi connectivity index (χ1n) is 5.19. The van der Waals surface area contributed by atoms with Gasteiger partial charge in [0, 0.05) is 19.7 Å². The maximum atomic E-state index is 5.51. The third-order valence-electron chi connectivity index (χ3n) is 2.63. The van der Waals surface area contributed by atoms with Crippen molar-refractivity contribution in [1.29, 1.82) is 0 Å². The van der Waals surface area contributed by atoms with Crippen molar-refractivity contribution in [3.63, 3.8) is 0 Å². The lowest BCUT2D eigenvalue weighted by atomic mass is 10.2. The van der Waals surface area contributed by atoms with Crippen LogP contribution in [0.2, 0.25) is 0 Å². The van der Waals surface area contributed by atoms with Crippen LogP contribution in [-0.2, 0) is 14.2 Å². The van der Waals surface area contributed by atoms with Crippen molar-refractivity contribution >= 4 is 0 Å². The molecule has 0 radical (unpaired) electrons. The van der Waals surface area contributed by atoms with E-state index in [0.717, 1.165) is 13.2 Å². The van der Waals surface area contributed by atoms with Gasteiger partial charge in [0.25, 0.3) is 0 Å². The Kier molecular flexibility index (Phi) is 5.40. The second-order valence-corrected chi connectivity index (χ2v) is 3.71. The van der Waals surface area contributed by atoms with Crippen molar-refractivity contribution in [2.24, 2.45) is 0 Å². The fourth-order valence-corrected chi connectivity index (χ4v) is 1.34. The molecule has 14 heavy (non-hydrogen) atoms. The summed E-state index contributed by atoms with van der Waals surface area (Å²) in [5.41, 5.74) is 0. The highest BCUT2D eigenvalue weighted by Crippen LogP contribution is 2.01. The van der Waals surface area contributed by atoms with Crippen LogP contribution in [0.25, 0.3) is 0 Å². The summed E-state index contributed by atoms with van der Waals surface area (Å²) in [6.45, 7) is 7.12. The standard InChI is InChI=1S/C10H21NO3/c1-8(9(2)12-3)11-6-10-7-13-4-5-14-10/h8-11H,4-7H2,1-3H3. The van der Waals surface area contributed by atoms with E-state index in [-0.39, 0.29) is 12.2 Å². The van der Waals surface area contributed by atoms with Crippen molar-refractivity contribution in [3.8, 4) is 0 Å². The first-order valence-corrected chi connectivity index (χ1v) is 5.19. The maximum Gasteiger partial charge on any atom is 0.0933 e. The minimum absolute atomic E-state index is 0.190. The molecule has 0 amide bonds. The Bertz CT molecular complexity index is 146. The molecule has 0 aromatic rings. The largest absolute Gasteiger partial charge is 0.380 e. The van der Waals surface area contributed by atoms with Gasteiger partial charge >= 0.3 is 0 Å². The molecule has 0 bridgehead atoms. The molecular formula is C10H21NO3. The third-order valence-corrected chi connectivity index (χ3v) is 2.63. The maximum absolute atomic E-state index is 5.51. The molecule has 0 saturated carbocycles. The Morgan fingerprint density at radius 3 is 2.79 bits per heavy atom. The van der Waals surface area contributed by atoms with Gasteiger partial charge in [-0.25, -0.2) is 0 Å². The number of methoxy groups -OCH3 is 1. The molecule has 3 unspecified atom stereocenters. The molecule has 1 heterocycles. The normalized spacial score (nSPS) is 27.2. The molecule has 1 fully saturated rings. The van der Waals surface area contributed by atoms with Gasteiger partial charge in [-0.15, -0.1) is 0 Å². The van der Waals surface area contributed by atoms with Crippen LogP contribution in [-0.4, -0.2) is 51.7 Å².